The third kappa shape index (κ3) is 5.25. The zero-order valence-electron chi connectivity index (χ0n) is 16.3. The summed E-state index contributed by atoms with van der Waals surface area (Å²) in [4.78, 5) is 32.2. The highest BCUT2D eigenvalue weighted by Gasteiger charge is 2.24. The number of hydrogen-bond donors (Lipinski definition) is 0. The molecule has 7 nitrogen and oxygen atoms in total. The molecule has 3 rings (SSSR count). The molecule has 1 amide bonds. The van der Waals surface area contributed by atoms with E-state index in [4.69, 9.17) is 4.74 Å². The van der Waals surface area contributed by atoms with Gasteiger partial charge in [0.15, 0.2) is 0 Å². The third-order valence-corrected chi connectivity index (χ3v) is 4.70. The normalized spacial score (nSPS) is 13.8. The topological polar surface area (TPSA) is 67.7 Å². The molecule has 0 unspecified atom stereocenters. The molecule has 1 aromatic heterocycles. The standard InChI is InChI=1S/C20H26N4O3.ClH/c1-3-27-19(26)9-8-18(25)22-12-14-23(15-13-22)20-21-10-11-24(20)17-6-4-16(2)5-7-17;/h4-7,10-11H,3,8-9,12-15H2,1-2H3;1H. The summed E-state index contributed by atoms with van der Waals surface area (Å²) < 4.78 is 6.95. The van der Waals surface area contributed by atoms with Gasteiger partial charge in [-0.2, -0.15) is 0 Å². The van der Waals surface area contributed by atoms with Crippen LogP contribution in [0.1, 0.15) is 25.3 Å². The molecule has 0 N–H and O–H groups in total. The smallest absolute Gasteiger partial charge is 0.306 e. The Labute approximate surface area is 171 Å². The summed E-state index contributed by atoms with van der Waals surface area (Å²) in [7, 11) is 0. The Morgan fingerprint density at radius 2 is 1.75 bits per heavy atom. The molecule has 28 heavy (non-hydrogen) atoms. The van der Waals surface area contributed by atoms with Crippen LogP contribution in [0.3, 0.4) is 0 Å². The maximum absolute atomic E-state index is 12.3. The van der Waals surface area contributed by atoms with Crippen molar-refractivity contribution in [2.75, 3.05) is 37.7 Å². The lowest BCUT2D eigenvalue weighted by atomic mass is 10.2. The van der Waals surface area contributed by atoms with Gasteiger partial charge in [0.1, 0.15) is 0 Å². The first kappa shape index (κ1) is 21.8. The van der Waals surface area contributed by atoms with Crippen LogP contribution in [0, 0.1) is 6.92 Å². The molecule has 2 aromatic rings. The van der Waals surface area contributed by atoms with E-state index in [1.165, 1.54) is 5.56 Å². The van der Waals surface area contributed by atoms with Crippen LogP contribution in [0.15, 0.2) is 36.7 Å². The van der Waals surface area contributed by atoms with Crippen molar-refractivity contribution in [3.05, 3.63) is 42.2 Å². The SMILES string of the molecule is CCOC(=O)CCC(=O)N1CCN(c2nccn2-c2ccc(C)cc2)CC1.Cl. The lowest BCUT2D eigenvalue weighted by Crippen LogP contribution is -2.49. The Morgan fingerprint density at radius 1 is 1.07 bits per heavy atom. The van der Waals surface area contributed by atoms with E-state index in [1.54, 1.807) is 13.1 Å². The molecule has 0 atom stereocenters. The Hall–Kier alpha value is -2.54. The number of imidazole rings is 1. The van der Waals surface area contributed by atoms with Gasteiger partial charge in [-0.15, -0.1) is 12.4 Å². The first-order chi connectivity index (χ1) is 13.1. The van der Waals surface area contributed by atoms with Crippen molar-refractivity contribution >= 4 is 30.2 Å². The number of hydrogen-bond acceptors (Lipinski definition) is 5. The first-order valence-electron chi connectivity index (χ1n) is 9.37. The number of aromatic nitrogens is 2. The number of halogens is 1. The third-order valence-electron chi connectivity index (χ3n) is 4.70. The van der Waals surface area contributed by atoms with Crippen LogP contribution in [0.2, 0.25) is 0 Å². The van der Waals surface area contributed by atoms with Gasteiger partial charge in [-0.25, -0.2) is 4.98 Å². The van der Waals surface area contributed by atoms with E-state index >= 15 is 0 Å². The molecule has 1 fully saturated rings. The van der Waals surface area contributed by atoms with Gasteiger partial charge in [0.2, 0.25) is 11.9 Å². The minimum absolute atomic E-state index is 0. The molecule has 152 valence electrons. The predicted octanol–water partition coefficient (Wildman–Crippen LogP) is 2.59. The van der Waals surface area contributed by atoms with Crippen molar-refractivity contribution < 1.29 is 14.3 Å². The zero-order chi connectivity index (χ0) is 19.2. The van der Waals surface area contributed by atoms with Gasteiger partial charge in [-0.1, -0.05) is 17.7 Å². The zero-order valence-corrected chi connectivity index (χ0v) is 17.2. The number of nitrogens with zero attached hydrogens (tertiary/aromatic N) is 4. The highest BCUT2D eigenvalue weighted by Crippen LogP contribution is 2.20. The molecular weight excluding hydrogens is 380 g/mol. The minimum Gasteiger partial charge on any atom is -0.466 e. The summed E-state index contributed by atoms with van der Waals surface area (Å²) in [5.41, 5.74) is 2.29. The summed E-state index contributed by atoms with van der Waals surface area (Å²) >= 11 is 0. The van der Waals surface area contributed by atoms with E-state index in [-0.39, 0.29) is 37.1 Å². The van der Waals surface area contributed by atoms with Crippen molar-refractivity contribution in [2.24, 2.45) is 0 Å². The second-order valence-corrected chi connectivity index (χ2v) is 6.61. The quantitative estimate of drug-likeness (QED) is 0.690. The number of ether oxygens (including phenoxy) is 1. The number of benzene rings is 1. The summed E-state index contributed by atoms with van der Waals surface area (Å²) in [6.45, 7) is 6.86. The molecule has 0 aliphatic carbocycles. The molecule has 0 spiro atoms. The van der Waals surface area contributed by atoms with E-state index in [9.17, 15) is 9.59 Å². The van der Waals surface area contributed by atoms with Gasteiger partial charge in [0.25, 0.3) is 0 Å². The molecular formula is C20H27ClN4O3. The van der Waals surface area contributed by atoms with Crippen LogP contribution in [0.5, 0.6) is 0 Å². The summed E-state index contributed by atoms with van der Waals surface area (Å²) in [6, 6.07) is 8.32. The van der Waals surface area contributed by atoms with Crippen LogP contribution < -0.4 is 4.90 Å². The molecule has 1 aromatic carbocycles. The molecule has 8 heteroatoms. The van der Waals surface area contributed by atoms with Crippen molar-refractivity contribution in [3.8, 4) is 5.69 Å². The van der Waals surface area contributed by atoms with Crippen LogP contribution in [0.4, 0.5) is 5.95 Å². The summed E-state index contributed by atoms with van der Waals surface area (Å²) in [6.07, 6.45) is 4.10. The average Bonchev–Trinajstić information content (AvgIpc) is 3.17. The van der Waals surface area contributed by atoms with Gasteiger partial charge in [-0.3, -0.25) is 14.2 Å². The highest BCUT2D eigenvalue weighted by molar-refractivity contribution is 5.85. The molecule has 1 aliphatic heterocycles. The molecule has 0 radical (unpaired) electrons. The minimum atomic E-state index is -0.315. The van der Waals surface area contributed by atoms with E-state index in [0.717, 1.165) is 11.6 Å². The lowest BCUT2D eigenvalue weighted by Gasteiger charge is -2.35. The number of anilines is 1. The second-order valence-electron chi connectivity index (χ2n) is 6.61. The van der Waals surface area contributed by atoms with Gasteiger partial charge in [0.05, 0.1) is 13.0 Å². The number of amides is 1. The van der Waals surface area contributed by atoms with Crippen LogP contribution in [0.25, 0.3) is 5.69 Å². The Kier molecular flexibility index (Phi) is 7.87. The largest absolute Gasteiger partial charge is 0.466 e. The Bertz CT molecular complexity index is 783. The fourth-order valence-electron chi connectivity index (χ4n) is 3.19. The first-order valence-corrected chi connectivity index (χ1v) is 9.37. The predicted molar refractivity (Wildman–Crippen MR) is 110 cm³/mol. The van der Waals surface area contributed by atoms with Crippen molar-refractivity contribution in [3.63, 3.8) is 0 Å². The molecule has 1 saturated heterocycles. The second kappa shape index (κ2) is 10.1. The van der Waals surface area contributed by atoms with Crippen LogP contribution in [-0.4, -0.2) is 59.1 Å². The van der Waals surface area contributed by atoms with Crippen molar-refractivity contribution in [1.29, 1.82) is 0 Å². The van der Waals surface area contributed by atoms with E-state index < -0.39 is 0 Å². The number of esters is 1. The van der Waals surface area contributed by atoms with Crippen molar-refractivity contribution in [2.45, 2.75) is 26.7 Å². The van der Waals surface area contributed by atoms with E-state index in [1.807, 2.05) is 11.1 Å². The number of piperazine rings is 1. The molecule has 1 aliphatic rings. The summed E-state index contributed by atoms with van der Waals surface area (Å²) in [5, 5.41) is 0. The number of aryl methyl sites for hydroxylation is 1. The van der Waals surface area contributed by atoms with Gasteiger partial charge in [0, 0.05) is 50.7 Å². The molecule has 2 heterocycles. The monoisotopic (exact) mass is 406 g/mol. The lowest BCUT2D eigenvalue weighted by molar-refractivity contribution is -0.145. The molecule has 0 saturated carbocycles. The Balaban J connectivity index is 0.00000280. The van der Waals surface area contributed by atoms with E-state index in [0.29, 0.717) is 32.8 Å². The number of carbonyl (C=O) groups is 2. The Morgan fingerprint density at radius 3 is 2.39 bits per heavy atom. The van der Waals surface area contributed by atoms with Crippen LogP contribution in [-0.2, 0) is 14.3 Å². The fraction of sp³-hybridized carbons (Fsp3) is 0.450. The van der Waals surface area contributed by atoms with E-state index in [2.05, 4.69) is 45.6 Å². The van der Waals surface area contributed by atoms with Gasteiger partial charge >= 0.3 is 5.97 Å². The maximum atomic E-state index is 12.3. The number of rotatable bonds is 6. The number of carbonyl (C=O) groups excluding carboxylic acids is 2. The van der Waals surface area contributed by atoms with Gasteiger partial charge < -0.3 is 14.5 Å². The van der Waals surface area contributed by atoms with Gasteiger partial charge in [-0.05, 0) is 26.0 Å². The van der Waals surface area contributed by atoms with Crippen molar-refractivity contribution in [1.82, 2.24) is 14.5 Å². The maximum Gasteiger partial charge on any atom is 0.306 e. The average molecular weight is 407 g/mol. The highest BCUT2D eigenvalue weighted by atomic mass is 35.5. The summed E-state index contributed by atoms with van der Waals surface area (Å²) in [5.74, 6) is 0.576. The fourth-order valence-corrected chi connectivity index (χ4v) is 3.19. The van der Waals surface area contributed by atoms with Crippen LogP contribution >= 0.6 is 12.4 Å². The molecule has 0 bridgehead atoms.